The van der Waals surface area contributed by atoms with Gasteiger partial charge in [-0.05, 0) is 23.7 Å². The van der Waals surface area contributed by atoms with Gasteiger partial charge in [0, 0.05) is 0 Å². The summed E-state index contributed by atoms with van der Waals surface area (Å²) in [5.41, 5.74) is 0. The van der Waals surface area contributed by atoms with Crippen molar-refractivity contribution in [1.29, 1.82) is 0 Å². The zero-order valence-electron chi connectivity index (χ0n) is 14.9. The molecule has 0 heterocycles. The number of carbonyl (C=O) groups is 2. The number of hydrogen-bond donors (Lipinski definition) is 0. The average Bonchev–Trinajstić information content (AvgIpc) is 2.38. The molecular weight excluding hydrogens is 288 g/mol. The van der Waals surface area contributed by atoms with Gasteiger partial charge in [0.1, 0.15) is 12.2 Å². The summed E-state index contributed by atoms with van der Waals surface area (Å²) in [6.07, 6.45) is -2.72. The van der Waals surface area contributed by atoms with E-state index >= 15 is 0 Å². The molecule has 0 N–H and O–H groups in total. The van der Waals surface area contributed by atoms with Gasteiger partial charge in [0.2, 0.25) is 0 Å². The molecule has 0 amide bonds. The van der Waals surface area contributed by atoms with Gasteiger partial charge in [-0.15, -0.1) is 0 Å². The van der Waals surface area contributed by atoms with Crippen molar-refractivity contribution in [2.45, 2.75) is 67.6 Å². The molecule has 0 radical (unpaired) electrons. The van der Waals surface area contributed by atoms with Crippen molar-refractivity contribution in [3.8, 4) is 0 Å². The molecule has 0 rings (SSSR count). The van der Waals surface area contributed by atoms with Crippen LogP contribution in [0.4, 0.5) is 9.59 Å². The van der Waals surface area contributed by atoms with Gasteiger partial charge in [0.15, 0.2) is 0 Å². The van der Waals surface area contributed by atoms with E-state index in [1.807, 2.05) is 55.4 Å². The molecule has 0 fully saturated rings. The van der Waals surface area contributed by atoms with Crippen molar-refractivity contribution in [2.75, 3.05) is 0 Å². The first-order valence-corrected chi connectivity index (χ1v) is 7.81. The number of ether oxygens (including phenoxy) is 2. The lowest BCUT2D eigenvalue weighted by Crippen LogP contribution is -2.31. The van der Waals surface area contributed by atoms with Crippen molar-refractivity contribution in [3.05, 3.63) is 0 Å². The summed E-state index contributed by atoms with van der Waals surface area (Å²) in [6.45, 7) is 15.5. The fourth-order valence-electron chi connectivity index (χ4n) is 2.41. The molecule has 0 aromatic rings. The van der Waals surface area contributed by atoms with Gasteiger partial charge in [-0.25, -0.2) is 0 Å². The number of hydrogen-bond acceptors (Lipinski definition) is 6. The monoisotopic (exact) mass is 318 g/mol. The lowest BCUT2D eigenvalue weighted by molar-refractivity contribution is -0.230. The third-order valence-corrected chi connectivity index (χ3v) is 3.27. The standard InChI is InChI=1S/C16H30O6/c1-9(2)13(10(3)4)19-15(17)21-22-16(18)20-14(11(5)6)12(7)8/h9-14H,1-8H3. The third kappa shape index (κ3) is 7.52. The van der Waals surface area contributed by atoms with Gasteiger partial charge in [0.25, 0.3) is 0 Å². The van der Waals surface area contributed by atoms with E-state index in [1.54, 1.807) is 0 Å². The Labute approximate surface area is 133 Å². The highest BCUT2D eigenvalue weighted by Gasteiger charge is 2.26. The Morgan fingerprint density at radius 2 is 0.773 bits per heavy atom. The molecule has 0 spiro atoms. The molecule has 0 aromatic heterocycles. The third-order valence-electron chi connectivity index (χ3n) is 3.27. The SMILES string of the molecule is CC(C)C(OC(=O)OOC(=O)OC(C(C)C)C(C)C)C(C)C. The average molecular weight is 318 g/mol. The molecule has 0 aliphatic rings. The topological polar surface area (TPSA) is 71.1 Å². The van der Waals surface area contributed by atoms with Crippen molar-refractivity contribution < 1.29 is 28.8 Å². The fourth-order valence-corrected chi connectivity index (χ4v) is 2.41. The molecule has 130 valence electrons. The summed E-state index contributed by atoms with van der Waals surface area (Å²) in [5, 5.41) is 0. The molecule has 22 heavy (non-hydrogen) atoms. The van der Waals surface area contributed by atoms with Gasteiger partial charge in [-0.3, -0.25) is 0 Å². The second-order valence-electron chi connectivity index (χ2n) is 6.81. The Bertz CT molecular complexity index is 299. The van der Waals surface area contributed by atoms with Crippen LogP contribution in [0.15, 0.2) is 0 Å². The molecule has 0 aliphatic carbocycles. The molecule has 0 bridgehead atoms. The van der Waals surface area contributed by atoms with Crippen LogP contribution in [0.1, 0.15) is 55.4 Å². The van der Waals surface area contributed by atoms with E-state index in [1.165, 1.54) is 0 Å². The fraction of sp³-hybridized carbons (Fsp3) is 0.875. The van der Waals surface area contributed by atoms with E-state index in [4.69, 9.17) is 9.47 Å². The molecule has 0 unspecified atom stereocenters. The Balaban J connectivity index is 4.32. The van der Waals surface area contributed by atoms with E-state index in [-0.39, 0.29) is 35.9 Å². The van der Waals surface area contributed by atoms with Gasteiger partial charge in [-0.1, -0.05) is 55.4 Å². The smallest absolute Gasteiger partial charge is 0.428 e. The molecule has 0 atom stereocenters. The second kappa shape index (κ2) is 9.54. The zero-order valence-corrected chi connectivity index (χ0v) is 14.9. The minimum absolute atomic E-state index is 0.130. The highest BCUT2D eigenvalue weighted by molar-refractivity contribution is 5.63. The Morgan fingerprint density at radius 3 is 0.955 bits per heavy atom. The minimum Gasteiger partial charge on any atom is -0.428 e. The van der Waals surface area contributed by atoms with Crippen LogP contribution in [-0.2, 0) is 19.2 Å². The van der Waals surface area contributed by atoms with Crippen LogP contribution in [0.2, 0.25) is 0 Å². The molecule has 6 nitrogen and oxygen atoms in total. The minimum atomic E-state index is -1.05. The lowest BCUT2D eigenvalue weighted by atomic mass is 9.96. The van der Waals surface area contributed by atoms with Gasteiger partial charge < -0.3 is 9.47 Å². The summed E-state index contributed by atoms with van der Waals surface area (Å²) in [5.74, 6) is 0.521. The second-order valence-corrected chi connectivity index (χ2v) is 6.81. The highest BCUT2D eigenvalue weighted by atomic mass is 17.3. The van der Waals surface area contributed by atoms with Gasteiger partial charge >= 0.3 is 12.3 Å². The van der Waals surface area contributed by atoms with Crippen LogP contribution in [0, 0.1) is 23.7 Å². The van der Waals surface area contributed by atoms with Crippen LogP contribution in [0.3, 0.4) is 0 Å². The van der Waals surface area contributed by atoms with Gasteiger partial charge in [-0.2, -0.15) is 19.4 Å². The molecule has 0 saturated heterocycles. The van der Waals surface area contributed by atoms with Crippen LogP contribution < -0.4 is 0 Å². The molecule has 0 aliphatic heterocycles. The van der Waals surface area contributed by atoms with E-state index in [0.717, 1.165) is 0 Å². The quantitative estimate of drug-likeness (QED) is 0.406. The maximum atomic E-state index is 11.5. The normalized spacial score (nSPS) is 11.7. The first kappa shape index (κ1) is 20.5. The maximum absolute atomic E-state index is 11.5. The predicted octanol–water partition coefficient (Wildman–Crippen LogP) is 4.57. The van der Waals surface area contributed by atoms with Crippen molar-refractivity contribution >= 4 is 12.3 Å². The first-order chi connectivity index (χ1) is 10.1. The Kier molecular flexibility index (Phi) is 8.90. The molecule has 6 heteroatoms. The Hall–Kier alpha value is -1.46. The predicted molar refractivity (Wildman–Crippen MR) is 82.1 cm³/mol. The van der Waals surface area contributed by atoms with E-state index in [0.29, 0.717) is 0 Å². The summed E-state index contributed by atoms with van der Waals surface area (Å²) in [7, 11) is 0. The lowest BCUT2D eigenvalue weighted by Gasteiger charge is -2.24. The maximum Gasteiger partial charge on any atom is 0.550 e. The summed E-state index contributed by atoms with van der Waals surface area (Å²) >= 11 is 0. The zero-order chi connectivity index (χ0) is 17.4. The van der Waals surface area contributed by atoms with Crippen molar-refractivity contribution in [3.63, 3.8) is 0 Å². The highest BCUT2D eigenvalue weighted by Crippen LogP contribution is 2.18. The van der Waals surface area contributed by atoms with Crippen LogP contribution >= 0.6 is 0 Å². The number of carbonyl (C=O) groups excluding carboxylic acids is 2. The van der Waals surface area contributed by atoms with Crippen LogP contribution in [0.25, 0.3) is 0 Å². The van der Waals surface area contributed by atoms with Crippen LogP contribution in [0.5, 0.6) is 0 Å². The summed E-state index contributed by atoms with van der Waals surface area (Å²) in [6, 6.07) is 0. The summed E-state index contributed by atoms with van der Waals surface area (Å²) in [4.78, 5) is 31.8. The largest absolute Gasteiger partial charge is 0.550 e. The van der Waals surface area contributed by atoms with E-state index < -0.39 is 12.3 Å². The number of rotatable bonds is 6. The van der Waals surface area contributed by atoms with Crippen molar-refractivity contribution in [1.82, 2.24) is 0 Å². The first-order valence-electron chi connectivity index (χ1n) is 7.81. The summed E-state index contributed by atoms with van der Waals surface area (Å²) < 4.78 is 10.3. The van der Waals surface area contributed by atoms with Crippen molar-refractivity contribution in [2.24, 2.45) is 23.7 Å². The van der Waals surface area contributed by atoms with Crippen LogP contribution in [-0.4, -0.2) is 24.5 Å². The van der Waals surface area contributed by atoms with E-state index in [9.17, 15) is 9.59 Å². The molecule has 0 aromatic carbocycles. The molecular formula is C16H30O6. The van der Waals surface area contributed by atoms with Gasteiger partial charge in [0.05, 0.1) is 0 Å². The van der Waals surface area contributed by atoms with E-state index in [2.05, 4.69) is 9.78 Å². The molecule has 0 saturated carbocycles. The Morgan fingerprint density at radius 1 is 0.545 bits per heavy atom.